The number of fused-ring (bicyclic) bond motifs is 1. The standard InChI is InChI=1S/C8H11AsN4O3/c9-8-12-5-6(10-3-11-7(5)15)13(8)4-16-2-1-14/h3,14H,1-2,4,9H2,(H,10,11,15). The quantitative estimate of drug-likeness (QED) is 0.473. The van der Waals surface area contributed by atoms with E-state index in [-0.39, 0.29) is 25.5 Å². The van der Waals surface area contributed by atoms with E-state index in [0.29, 0.717) is 15.8 Å². The van der Waals surface area contributed by atoms with Crippen molar-refractivity contribution < 1.29 is 9.84 Å². The molecule has 0 saturated heterocycles. The van der Waals surface area contributed by atoms with Gasteiger partial charge < -0.3 is 0 Å². The molecule has 0 radical (unpaired) electrons. The second-order valence-corrected chi connectivity index (χ2v) is 4.15. The number of nitrogens with zero attached hydrogens (tertiary/aromatic N) is 3. The van der Waals surface area contributed by atoms with E-state index in [4.69, 9.17) is 9.84 Å². The summed E-state index contributed by atoms with van der Waals surface area (Å²) < 4.78 is 7.61. The molecule has 0 fully saturated rings. The van der Waals surface area contributed by atoms with Crippen LogP contribution in [0.1, 0.15) is 0 Å². The summed E-state index contributed by atoms with van der Waals surface area (Å²) in [5.74, 6) is 0. The number of aliphatic hydroxyl groups excluding tert-OH is 1. The summed E-state index contributed by atoms with van der Waals surface area (Å²) in [5, 5.41) is 8.60. The van der Waals surface area contributed by atoms with Crippen LogP contribution in [0.3, 0.4) is 0 Å². The van der Waals surface area contributed by atoms with Crippen LogP contribution in [0, 0.1) is 0 Å². The molecule has 1 atom stereocenters. The zero-order valence-corrected chi connectivity index (χ0v) is 10.8. The monoisotopic (exact) mass is 286 g/mol. The van der Waals surface area contributed by atoms with Gasteiger partial charge in [0.1, 0.15) is 0 Å². The number of aliphatic hydroxyl groups is 1. The molecule has 8 heteroatoms. The van der Waals surface area contributed by atoms with Gasteiger partial charge in [-0.05, 0) is 0 Å². The molecule has 16 heavy (non-hydrogen) atoms. The van der Waals surface area contributed by atoms with Crippen LogP contribution in [0.15, 0.2) is 11.1 Å². The topological polar surface area (TPSA) is 93.0 Å². The van der Waals surface area contributed by atoms with E-state index in [1.165, 1.54) is 23.2 Å². The van der Waals surface area contributed by atoms with Gasteiger partial charge in [0.15, 0.2) is 0 Å². The molecule has 0 saturated carbocycles. The van der Waals surface area contributed by atoms with E-state index in [2.05, 4.69) is 15.0 Å². The molecule has 0 spiro atoms. The second-order valence-electron chi connectivity index (χ2n) is 3.06. The Bertz CT molecular complexity index is 550. The summed E-state index contributed by atoms with van der Waals surface area (Å²) in [5.41, 5.74) is 0.556. The van der Waals surface area contributed by atoms with Crippen molar-refractivity contribution in [1.82, 2.24) is 19.5 Å². The summed E-state index contributed by atoms with van der Waals surface area (Å²) >= 11 is 1.29. The molecule has 7 nitrogen and oxygen atoms in total. The predicted octanol–water partition coefficient (Wildman–Crippen LogP) is -2.66. The van der Waals surface area contributed by atoms with Gasteiger partial charge in [-0.25, -0.2) is 0 Å². The number of H-pyrrole nitrogens is 1. The first-order chi connectivity index (χ1) is 7.74. The van der Waals surface area contributed by atoms with E-state index in [0.717, 1.165) is 0 Å². The van der Waals surface area contributed by atoms with Gasteiger partial charge >= 0.3 is 98.6 Å². The first-order valence-corrected chi connectivity index (χ1v) is 5.83. The van der Waals surface area contributed by atoms with Gasteiger partial charge in [-0.15, -0.1) is 0 Å². The number of aromatic nitrogens is 4. The normalized spacial score (nSPS) is 11.1. The summed E-state index contributed by atoms with van der Waals surface area (Å²) in [6, 6.07) is 0. The van der Waals surface area contributed by atoms with Crippen molar-refractivity contribution >= 4 is 32.6 Å². The van der Waals surface area contributed by atoms with Crippen molar-refractivity contribution in [3.05, 3.63) is 16.7 Å². The van der Waals surface area contributed by atoms with Gasteiger partial charge in [-0.3, -0.25) is 0 Å². The van der Waals surface area contributed by atoms with E-state index >= 15 is 0 Å². The van der Waals surface area contributed by atoms with Gasteiger partial charge in [0, 0.05) is 0 Å². The first-order valence-electron chi connectivity index (χ1n) is 4.62. The molecule has 0 aliphatic heterocycles. The fourth-order valence-electron chi connectivity index (χ4n) is 1.31. The molecule has 2 aromatic heterocycles. The van der Waals surface area contributed by atoms with E-state index in [9.17, 15) is 4.79 Å². The molecule has 2 heterocycles. The third kappa shape index (κ3) is 2.02. The number of rotatable bonds is 4. The fourth-order valence-corrected chi connectivity index (χ4v) is 2.00. The minimum atomic E-state index is -0.259. The Balaban J connectivity index is 2.40. The fraction of sp³-hybridized carbons (Fsp3) is 0.375. The van der Waals surface area contributed by atoms with Gasteiger partial charge in [0.25, 0.3) is 0 Å². The number of hydrogen-bond donors (Lipinski definition) is 2. The number of imidazole rings is 1. The molecule has 2 aromatic rings. The predicted molar refractivity (Wildman–Crippen MR) is 59.4 cm³/mol. The van der Waals surface area contributed by atoms with Crippen LogP contribution in [-0.2, 0) is 11.5 Å². The molecule has 0 bridgehead atoms. The third-order valence-corrected chi connectivity index (χ3v) is 2.95. The third-order valence-electron chi connectivity index (χ3n) is 2.02. The SMILES string of the molecule is O=c1[nH]cnc2c1nc([AsH2])n2COCCO. The van der Waals surface area contributed by atoms with Crippen LogP contribution in [0.5, 0.6) is 0 Å². The maximum absolute atomic E-state index is 11.4. The summed E-state index contributed by atoms with van der Waals surface area (Å²) in [7, 11) is 0. The number of nitrogens with one attached hydrogen (secondary N) is 1. The molecule has 0 aliphatic rings. The maximum atomic E-state index is 11.4. The van der Waals surface area contributed by atoms with Crippen LogP contribution >= 0.6 is 0 Å². The first kappa shape index (κ1) is 11.3. The Morgan fingerprint density at radius 3 is 3.19 bits per heavy atom. The number of aromatic amines is 1. The molecule has 86 valence electrons. The molecule has 2 N–H and O–H groups in total. The summed E-state index contributed by atoms with van der Waals surface area (Å²) in [6.07, 6.45) is 1.33. The van der Waals surface area contributed by atoms with E-state index < -0.39 is 0 Å². The Morgan fingerprint density at radius 2 is 2.44 bits per heavy atom. The van der Waals surface area contributed by atoms with Crippen molar-refractivity contribution in [2.75, 3.05) is 13.2 Å². The van der Waals surface area contributed by atoms with Crippen molar-refractivity contribution in [3.8, 4) is 0 Å². The van der Waals surface area contributed by atoms with Crippen LogP contribution < -0.4 is 10.2 Å². The summed E-state index contributed by atoms with van der Waals surface area (Å²) in [6.45, 7) is 0.446. The van der Waals surface area contributed by atoms with Crippen molar-refractivity contribution in [2.45, 2.75) is 6.73 Å². The van der Waals surface area contributed by atoms with Crippen LogP contribution in [-0.4, -0.2) is 54.7 Å². The molecular weight excluding hydrogens is 275 g/mol. The van der Waals surface area contributed by atoms with Crippen molar-refractivity contribution in [2.24, 2.45) is 0 Å². The van der Waals surface area contributed by atoms with Crippen molar-refractivity contribution in [1.29, 1.82) is 0 Å². The molecule has 1 unspecified atom stereocenters. The van der Waals surface area contributed by atoms with Gasteiger partial charge in [0.2, 0.25) is 0 Å². The Labute approximate surface area is 99.0 Å². The van der Waals surface area contributed by atoms with Gasteiger partial charge in [-0.1, -0.05) is 0 Å². The van der Waals surface area contributed by atoms with Gasteiger partial charge in [0.05, 0.1) is 0 Å². The molecule has 0 aromatic carbocycles. The zero-order chi connectivity index (χ0) is 11.5. The number of ether oxygens (including phenoxy) is 1. The minimum absolute atomic E-state index is 0.0369. The van der Waals surface area contributed by atoms with E-state index in [1.54, 1.807) is 4.57 Å². The van der Waals surface area contributed by atoms with E-state index in [1.807, 2.05) is 0 Å². The second kappa shape index (κ2) is 4.78. The zero-order valence-electron chi connectivity index (χ0n) is 8.38. The Morgan fingerprint density at radius 1 is 1.62 bits per heavy atom. The average molecular weight is 286 g/mol. The van der Waals surface area contributed by atoms with Gasteiger partial charge in [-0.2, -0.15) is 0 Å². The van der Waals surface area contributed by atoms with Crippen LogP contribution in [0.4, 0.5) is 0 Å². The molecular formula is C8H11AsN4O3. The average Bonchev–Trinajstić information content (AvgIpc) is 2.58. The molecule has 0 amide bonds. The molecule has 2 rings (SSSR count). The Kier molecular flexibility index (Phi) is 3.38. The Hall–Kier alpha value is -1.17. The summed E-state index contributed by atoms with van der Waals surface area (Å²) in [4.78, 5) is 22.1. The molecule has 0 aliphatic carbocycles. The van der Waals surface area contributed by atoms with Crippen molar-refractivity contribution in [3.63, 3.8) is 0 Å². The van der Waals surface area contributed by atoms with Crippen LogP contribution in [0.2, 0.25) is 0 Å². The number of hydrogen-bond acceptors (Lipinski definition) is 5. The van der Waals surface area contributed by atoms with Crippen LogP contribution in [0.25, 0.3) is 11.2 Å².